The zero-order valence-corrected chi connectivity index (χ0v) is 15.7. The van der Waals surface area contributed by atoms with Crippen LogP contribution in [0.4, 0.5) is 4.39 Å². The molecule has 1 unspecified atom stereocenters. The van der Waals surface area contributed by atoms with Gasteiger partial charge in [-0.3, -0.25) is 4.79 Å². The second kappa shape index (κ2) is 8.14. The number of carbonyl (C=O) groups excluding carboxylic acids is 2. The highest BCUT2D eigenvalue weighted by atomic mass is 32.1. The Labute approximate surface area is 155 Å². The van der Waals surface area contributed by atoms with Gasteiger partial charge in [-0.05, 0) is 38.3 Å². The van der Waals surface area contributed by atoms with Crippen molar-refractivity contribution in [3.8, 4) is 0 Å². The lowest BCUT2D eigenvalue weighted by Gasteiger charge is -2.33. The summed E-state index contributed by atoms with van der Waals surface area (Å²) >= 11 is 1.15. The lowest BCUT2D eigenvalue weighted by Crippen LogP contribution is -2.44. The number of hydrogen-bond donors (Lipinski definition) is 0. The van der Waals surface area contributed by atoms with Crippen LogP contribution in [0.1, 0.15) is 41.4 Å². The second-order valence-electron chi connectivity index (χ2n) is 6.46. The van der Waals surface area contributed by atoms with E-state index in [4.69, 9.17) is 9.47 Å². The number of methoxy groups -OCH3 is 1. The summed E-state index contributed by atoms with van der Waals surface area (Å²) in [5.41, 5.74) is 0.467. The molecule has 7 heteroatoms. The van der Waals surface area contributed by atoms with Crippen LogP contribution in [-0.4, -0.2) is 43.1 Å². The van der Waals surface area contributed by atoms with Gasteiger partial charge in [0.1, 0.15) is 10.7 Å². The quantitative estimate of drug-likeness (QED) is 0.743. The molecule has 1 amide bonds. The molecule has 1 aliphatic rings. The molecule has 1 atom stereocenters. The topological polar surface area (TPSA) is 55.8 Å². The third-order valence-corrected chi connectivity index (χ3v) is 5.86. The van der Waals surface area contributed by atoms with Crippen LogP contribution in [0.15, 0.2) is 18.2 Å². The smallest absolute Gasteiger partial charge is 0.349 e. The Morgan fingerprint density at radius 1 is 1.35 bits per heavy atom. The minimum Gasteiger partial charge on any atom is -0.451 e. The molecule has 26 heavy (non-hydrogen) atoms. The van der Waals surface area contributed by atoms with Gasteiger partial charge in [0.15, 0.2) is 6.61 Å². The number of amides is 1. The van der Waals surface area contributed by atoms with Crippen LogP contribution < -0.4 is 0 Å². The standard InChI is InChI=1S/C19H22FNO4S/c1-12-6-3-4-9-21(12)16(22)11-25-19(23)18-13(10-24-2)17-14(20)7-5-8-15(17)26-18/h5,7-8,12H,3-4,6,9-11H2,1-2H3. The van der Waals surface area contributed by atoms with Gasteiger partial charge < -0.3 is 14.4 Å². The van der Waals surface area contributed by atoms with Crippen molar-refractivity contribution in [3.05, 3.63) is 34.5 Å². The first-order chi connectivity index (χ1) is 12.5. The average molecular weight is 379 g/mol. The van der Waals surface area contributed by atoms with Crippen molar-refractivity contribution >= 4 is 33.3 Å². The molecule has 0 radical (unpaired) electrons. The highest BCUT2D eigenvalue weighted by Gasteiger charge is 2.26. The van der Waals surface area contributed by atoms with Crippen molar-refractivity contribution in [3.63, 3.8) is 0 Å². The minimum atomic E-state index is -0.615. The number of rotatable bonds is 5. The fourth-order valence-electron chi connectivity index (χ4n) is 3.36. The summed E-state index contributed by atoms with van der Waals surface area (Å²) < 4.78 is 25.2. The highest BCUT2D eigenvalue weighted by Crippen LogP contribution is 2.34. The maximum absolute atomic E-state index is 14.2. The normalized spacial score (nSPS) is 17.5. The first-order valence-electron chi connectivity index (χ1n) is 8.68. The molecule has 3 rings (SSSR count). The monoisotopic (exact) mass is 379 g/mol. The maximum Gasteiger partial charge on any atom is 0.349 e. The Morgan fingerprint density at radius 2 is 2.15 bits per heavy atom. The molecule has 0 aliphatic carbocycles. The highest BCUT2D eigenvalue weighted by molar-refractivity contribution is 7.21. The van der Waals surface area contributed by atoms with Gasteiger partial charge in [-0.1, -0.05) is 6.07 Å². The van der Waals surface area contributed by atoms with Crippen LogP contribution in [0.25, 0.3) is 10.1 Å². The van der Waals surface area contributed by atoms with E-state index in [0.29, 0.717) is 22.2 Å². The van der Waals surface area contributed by atoms with Gasteiger partial charge in [0, 0.05) is 35.3 Å². The van der Waals surface area contributed by atoms with E-state index in [1.165, 1.54) is 13.2 Å². The third kappa shape index (κ3) is 3.73. The number of piperidine rings is 1. The third-order valence-electron chi connectivity index (χ3n) is 4.69. The number of fused-ring (bicyclic) bond motifs is 1. The number of esters is 1. The van der Waals surface area contributed by atoms with E-state index in [-0.39, 0.29) is 30.0 Å². The Hall–Kier alpha value is -1.99. The summed E-state index contributed by atoms with van der Waals surface area (Å²) in [4.78, 5) is 26.9. The second-order valence-corrected chi connectivity index (χ2v) is 7.52. The summed E-state index contributed by atoms with van der Waals surface area (Å²) in [6.45, 7) is 2.50. The summed E-state index contributed by atoms with van der Waals surface area (Å²) in [6.07, 6.45) is 3.04. The van der Waals surface area contributed by atoms with Gasteiger partial charge in [0.2, 0.25) is 0 Å². The molecular weight excluding hydrogens is 357 g/mol. The van der Waals surface area contributed by atoms with E-state index >= 15 is 0 Å². The van der Waals surface area contributed by atoms with E-state index < -0.39 is 11.8 Å². The molecular formula is C19H22FNO4S. The number of ether oxygens (including phenoxy) is 2. The summed E-state index contributed by atoms with van der Waals surface area (Å²) in [5.74, 6) is -1.20. The van der Waals surface area contributed by atoms with E-state index in [1.807, 2.05) is 6.92 Å². The predicted octanol–water partition coefficient (Wildman–Crippen LogP) is 3.74. The van der Waals surface area contributed by atoms with Crippen LogP contribution in [0.3, 0.4) is 0 Å². The van der Waals surface area contributed by atoms with Crippen LogP contribution in [0.5, 0.6) is 0 Å². The number of hydrogen-bond acceptors (Lipinski definition) is 5. The molecule has 1 aromatic heterocycles. The van der Waals surface area contributed by atoms with Gasteiger partial charge in [-0.15, -0.1) is 11.3 Å². The van der Waals surface area contributed by atoms with Crippen molar-refractivity contribution in [2.45, 2.75) is 38.8 Å². The summed E-state index contributed by atoms with van der Waals surface area (Å²) in [6, 6.07) is 4.86. The molecule has 140 valence electrons. The molecule has 1 aliphatic heterocycles. The van der Waals surface area contributed by atoms with Crippen LogP contribution in [0.2, 0.25) is 0 Å². The number of thiophene rings is 1. The summed E-state index contributed by atoms with van der Waals surface area (Å²) in [7, 11) is 1.49. The number of carbonyl (C=O) groups is 2. The van der Waals surface area contributed by atoms with Gasteiger partial charge in [-0.25, -0.2) is 9.18 Å². The van der Waals surface area contributed by atoms with Crippen molar-refractivity contribution in [1.29, 1.82) is 0 Å². The van der Waals surface area contributed by atoms with Gasteiger partial charge in [0.05, 0.1) is 6.61 Å². The van der Waals surface area contributed by atoms with E-state index in [0.717, 1.165) is 30.6 Å². The summed E-state index contributed by atoms with van der Waals surface area (Å²) in [5, 5.41) is 0.377. The molecule has 1 aromatic carbocycles. The zero-order chi connectivity index (χ0) is 18.7. The predicted molar refractivity (Wildman–Crippen MR) is 97.8 cm³/mol. The van der Waals surface area contributed by atoms with E-state index in [1.54, 1.807) is 17.0 Å². The largest absolute Gasteiger partial charge is 0.451 e. The Balaban J connectivity index is 1.76. The fraction of sp³-hybridized carbons (Fsp3) is 0.474. The van der Waals surface area contributed by atoms with Crippen molar-refractivity contribution in [1.82, 2.24) is 4.90 Å². The Morgan fingerprint density at radius 3 is 2.88 bits per heavy atom. The lowest BCUT2D eigenvalue weighted by molar-refractivity contribution is -0.137. The number of nitrogens with zero attached hydrogens (tertiary/aromatic N) is 1. The van der Waals surface area contributed by atoms with Crippen molar-refractivity contribution in [2.75, 3.05) is 20.3 Å². The molecule has 1 saturated heterocycles. The molecule has 1 fully saturated rings. The zero-order valence-electron chi connectivity index (χ0n) is 14.9. The molecule has 0 bridgehead atoms. The number of halogens is 1. The molecule has 2 aromatic rings. The minimum absolute atomic E-state index is 0.0997. The van der Waals surface area contributed by atoms with Gasteiger partial charge in [0.25, 0.3) is 5.91 Å². The van der Waals surface area contributed by atoms with Crippen molar-refractivity contribution < 1.29 is 23.5 Å². The SMILES string of the molecule is COCc1c(C(=O)OCC(=O)N2CCCCC2C)sc2cccc(F)c12. The first-order valence-corrected chi connectivity index (χ1v) is 9.50. The molecule has 0 N–H and O–H groups in total. The fourth-order valence-corrected chi connectivity index (χ4v) is 4.47. The molecule has 0 saturated carbocycles. The lowest BCUT2D eigenvalue weighted by atomic mass is 10.0. The average Bonchev–Trinajstić information content (AvgIpc) is 3.00. The van der Waals surface area contributed by atoms with Crippen LogP contribution >= 0.6 is 11.3 Å². The van der Waals surface area contributed by atoms with E-state index in [9.17, 15) is 14.0 Å². The number of benzene rings is 1. The molecule has 2 heterocycles. The van der Waals surface area contributed by atoms with Gasteiger partial charge >= 0.3 is 5.97 Å². The molecule has 0 spiro atoms. The number of likely N-dealkylation sites (tertiary alicyclic amines) is 1. The van der Waals surface area contributed by atoms with Crippen molar-refractivity contribution in [2.24, 2.45) is 0 Å². The Kier molecular flexibility index (Phi) is 5.88. The van der Waals surface area contributed by atoms with E-state index in [2.05, 4.69) is 0 Å². The van der Waals surface area contributed by atoms with Crippen LogP contribution in [0, 0.1) is 5.82 Å². The first kappa shape index (κ1) is 18.8. The molecule has 5 nitrogen and oxygen atoms in total. The van der Waals surface area contributed by atoms with Crippen LogP contribution in [-0.2, 0) is 20.9 Å². The Bertz CT molecular complexity index is 819. The van der Waals surface area contributed by atoms with Gasteiger partial charge in [-0.2, -0.15) is 0 Å². The maximum atomic E-state index is 14.2.